The molecule has 2 amide bonds. The molecule has 1 fully saturated rings. The number of hydrogen-bond donors (Lipinski definition) is 0. The van der Waals surface area contributed by atoms with Crippen LogP contribution >= 0.6 is 27.7 Å². The zero-order chi connectivity index (χ0) is 22.7. The molecule has 1 saturated heterocycles. The maximum absolute atomic E-state index is 13.1. The van der Waals surface area contributed by atoms with Crippen molar-refractivity contribution in [1.82, 2.24) is 4.90 Å². The molecular weight excluding hydrogens is 494 g/mol. The number of methoxy groups -OCH3 is 1. The minimum absolute atomic E-state index is 0.188. The van der Waals surface area contributed by atoms with Gasteiger partial charge in [0.05, 0.1) is 18.6 Å². The molecular formula is C24H18BrNO5S. The number of ether oxygens (including phenoxy) is 2. The minimum atomic E-state index is -0.519. The van der Waals surface area contributed by atoms with Crippen LogP contribution in [-0.2, 0) is 20.9 Å². The molecule has 0 atom stereocenters. The molecule has 0 radical (unpaired) electrons. The fraction of sp³-hybridized carbons (Fsp3) is 0.125. The van der Waals surface area contributed by atoms with Crippen molar-refractivity contribution in [2.45, 2.75) is 6.54 Å². The fourth-order valence-electron chi connectivity index (χ4n) is 3.34. The standard InChI is InChI=1S/C24H18BrNO5S/c1-30-22(27)14-31-20-10-9-18(25)11-17(20)12-21-23(28)26(24(29)32-21)13-16-7-4-6-15-5-2-3-8-19(15)16/h2-12H,13-14H2,1H3/b21-12+. The van der Waals surface area contributed by atoms with Gasteiger partial charge in [-0.25, -0.2) is 4.79 Å². The van der Waals surface area contributed by atoms with Crippen LogP contribution in [0, 0.1) is 0 Å². The summed E-state index contributed by atoms with van der Waals surface area (Å²) in [6.45, 7) is -0.0743. The Morgan fingerprint density at radius 3 is 2.69 bits per heavy atom. The van der Waals surface area contributed by atoms with Gasteiger partial charge in [0.25, 0.3) is 11.1 Å². The topological polar surface area (TPSA) is 72.9 Å². The lowest BCUT2D eigenvalue weighted by Gasteiger charge is -2.14. The lowest BCUT2D eigenvalue weighted by Crippen LogP contribution is -2.27. The number of esters is 1. The third-order valence-electron chi connectivity index (χ3n) is 4.91. The number of halogens is 1. The number of benzene rings is 3. The number of fused-ring (bicyclic) bond motifs is 1. The van der Waals surface area contributed by atoms with Crippen LogP contribution in [0.2, 0.25) is 0 Å². The first-order chi connectivity index (χ1) is 15.5. The molecule has 6 nitrogen and oxygen atoms in total. The van der Waals surface area contributed by atoms with Crippen LogP contribution in [0.3, 0.4) is 0 Å². The van der Waals surface area contributed by atoms with Crippen LogP contribution in [0.4, 0.5) is 4.79 Å². The summed E-state index contributed by atoms with van der Waals surface area (Å²) in [5.41, 5.74) is 1.47. The Balaban J connectivity index is 1.60. The Labute approximate surface area is 197 Å². The number of hydrogen-bond acceptors (Lipinski definition) is 6. The van der Waals surface area contributed by atoms with Crippen LogP contribution < -0.4 is 4.74 Å². The van der Waals surface area contributed by atoms with Gasteiger partial charge in [-0.15, -0.1) is 0 Å². The summed E-state index contributed by atoms with van der Waals surface area (Å²) in [7, 11) is 1.28. The van der Waals surface area contributed by atoms with E-state index in [0.29, 0.717) is 11.3 Å². The normalized spacial score (nSPS) is 14.9. The van der Waals surface area contributed by atoms with E-state index in [-0.39, 0.29) is 29.2 Å². The summed E-state index contributed by atoms with van der Waals surface area (Å²) in [4.78, 5) is 38.7. The predicted octanol–water partition coefficient (Wildman–Crippen LogP) is 5.39. The van der Waals surface area contributed by atoms with E-state index >= 15 is 0 Å². The quantitative estimate of drug-likeness (QED) is 0.326. The van der Waals surface area contributed by atoms with Crippen molar-refractivity contribution in [3.8, 4) is 5.75 Å². The second-order valence-corrected chi connectivity index (χ2v) is 8.86. The van der Waals surface area contributed by atoms with Gasteiger partial charge in [0, 0.05) is 10.0 Å². The molecule has 1 aliphatic rings. The van der Waals surface area contributed by atoms with E-state index in [1.807, 2.05) is 42.5 Å². The van der Waals surface area contributed by atoms with Gasteiger partial charge >= 0.3 is 5.97 Å². The van der Waals surface area contributed by atoms with E-state index in [2.05, 4.69) is 20.7 Å². The van der Waals surface area contributed by atoms with Gasteiger partial charge in [0.1, 0.15) is 5.75 Å². The number of rotatable bonds is 6. The number of amides is 2. The van der Waals surface area contributed by atoms with E-state index < -0.39 is 5.97 Å². The molecule has 4 rings (SSSR count). The maximum Gasteiger partial charge on any atom is 0.343 e. The molecule has 1 aliphatic heterocycles. The average Bonchev–Trinajstić information content (AvgIpc) is 3.06. The van der Waals surface area contributed by atoms with Crippen molar-refractivity contribution in [2.75, 3.05) is 13.7 Å². The maximum atomic E-state index is 13.1. The molecule has 0 aliphatic carbocycles. The van der Waals surface area contributed by atoms with E-state index in [4.69, 9.17) is 4.74 Å². The van der Waals surface area contributed by atoms with Gasteiger partial charge in [-0.1, -0.05) is 58.4 Å². The van der Waals surface area contributed by atoms with Gasteiger partial charge in [0.2, 0.25) is 0 Å². The van der Waals surface area contributed by atoms with Crippen molar-refractivity contribution in [3.05, 3.63) is 81.2 Å². The highest BCUT2D eigenvalue weighted by Crippen LogP contribution is 2.36. The SMILES string of the molecule is COC(=O)COc1ccc(Br)cc1/C=C1/SC(=O)N(Cc2cccc3ccccc23)C1=O. The number of carbonyl (C=O) groups is 3. The van der Waals surface area contributed by atoms with Crippen molar-refractivity contribution in [2.24, 2.45) is 0 Å². The van der Waals surface area contributed by atoms with Crippen LogP contribution in [0.1, 0.15) is 11.1 Å². The van der Waals surface area contributed by atoms with Crippen LogP contribution in [0.15, 0.2) is 70.0 Å². The molecule has 162 valence electrons. The third kappa shape index (κ3) is 4.71. The van der Waals surface area contributed by atoms with Gasteiger partial charge in [-0.2, -0.15) is 0 Å². The molecule has 3 aromatic carbocycles. The molecule has 3 aromatic rings. The summed E-state index contributed by atoms with van der Waals surface area (Å²) >= 11 is 4.28. The average molecular weight is 512 g/mol. The smallest absolute Gasteiger partial charge is 0.343 e. The monoisotopic (exact) mass is 511 g/mol. The molecule has 0 saturated carbocycles. The van der Waals surface area contributed by atoms with E-state index in [1.54, 1.807) is 24.3 Å². The summed E-state index contributed by atoms with van der Waals surface area (Å²) in [5, 5.41) is 1.72. The molecule has 1 heterocycles. The van der Waals surface area contributed by atoms with Crippen molar-refractivity contribution in [3.63, 3.8) is 0 Å². The zero-order valence-electron chi connectivity index (χ0n) is 17.0. The van der Waals surface area contributed by atoms with Gasteiger partial charge in [-0.05, 0) is 52.4 Å². The second-order valence-electron chi connectivity index (χ2n) is 6.95. The number of imide groups is 1. The highest BCUT2D eigenvalue weighted by molar-refractivity contribution is 9.10. The zero-order valence-corrected chi connectivity index (χ0v) is 19.4. The first-order valence-corrected chi connectivity index (χ1v) is 11.3. The van der Waals surface area contributed by atoms with Gasteiger partial charge in [-0.3, -0.25) is 14.5 Å². The minimum Gasteiger partial charge on any atom is -0.481 e. The number of nitrogens with zero attached hydrogens (tertiary/aromatic N) is 1. The van der Waals surface area contributed by atoms with Crippen molar-refractivity contribution in [1.29, 1.82) is 0 Å². The summed E-state index contributed by atoms with van der Waals surface area (Å²) in [6, 6.07) is 18.9. The van der Waals surface area contributed by atoms with E-state index in [9.17, 15) is 14.4 Å². The lowest BCUT2D eigenvalue weighted by molar-refractivity contribution is -0.142. The Morgan fingerprint density at radius 1 is 1.09 bits per heavy atom. The first-order valence-electron chi connectivity index (χ1n) is 9.67. The Bertz CT molecular complexity index is 1250. The molecule has 0 bridgehead atoms. The third-order valence-corrected chi connectivity index (χ3v) is 6.31. The van der Waals surface area contributed by atoms with Crippen molar-refractivity contribution < 1.29 is 23.9 Å². The molecule has 0 N–H and O–H groups in total. The van der Waals surface area contributed by atoms with Crippen LogP contribution in [0.5, 0.6) is 5.75 Å². The largest absolute Gasteiger partial charge is 0.481 e. The highest BCUT2D eigenvalue weighted by atomic mass is 79.9. The summed E-state index contributed by atoms with van der Waals surface area (Å²) in [5.74, 6) is -0.486. The first kappa shape index (κ1) is 22.1. The summed E-state index contributed by atoms with van der Waals surface area (Å²) in [6.07, 6.45) is 1.60. The fourth-order valence-corrected chi connectivity index (χ4v) is 4.55. The molecule has 0 unspecified atom stereocenters. The van der Waals surface area contributed by atoms with Crippen LogP contribution in [-0.4, -0.2) is 35.7 Å². The molecule has 32 heavy (non-hydrogen) atoms. The molecule has 8 heteroatoms. The predicted molar refractivity (Wildman–Crippen MR) is 127 cm³/mol. The van der Waals surface area contributed by atoms with E-state index in [1.165, 1.54) is 12.0 Å². The van der Waals surface area contributed by atoms with E-state index in [0.717, 1.165) is 32.6 Å². The number of carbonyl (C=O) groups excluding carboxylic acids is 3. The molecule has 0 aromatic heterocycles. The highest BCUT2D eigenvalue weighted by Gasteiger charge is 2.35. The van der Waals surface area contributed by atoms with Crippen molar-refractivity contribution >= 4 is 61.7 Å². The second kappa shape index (κ2) is 9.58. The molecule has 0 spiro atoms. The Kier molecular flexibility index (Phi) is 6.62. The Morgan fingerprint density at radius 2 is 1.88 bits per heavy atom. The number of thioether (sulfide) groups is 1. The Hall–Kier alpha value is -3.10. The van der Waals surface area contributed by atoms with Crippen LogP contribution in [0.25, 0.3) is 16.8 Å². The van der Waals surface area contributed by atoms with Gasteiger partial charge in [0.15, 0.2) is 6.61 Å². The summed E-state index contributed by atoms with van der Waals surface area (Å²) < 4.78 is 10.9. The van der Waals surface area contributed by atoms with Gasteiger partial charge < -0.3 is 9.47 Å². The lowest BCUT2D eigenvalue weighted by atomic mass is 10.0.